The molecule has 0 aliphatic carbocycles. The van der Waals surface area contributed by atoms with E-state index in [4.69, 9.17) is 15.0 Å². The molecule has 0 saturated carbocycles. The van der Waals surface area contributed by atoms with Crippen molar-refractivity contribution in [3.63, 3.8) is 0 Å². The zero-order valence-electron chi connectivity index (χ0n) is 8.03. The Hall–Kier alpha value is -0.370. The van der Waals surface area contributed by atoms with E-state index < -0.39 is 0 Å². The van der Waals surface area contributed by atoms with Crippen LogP contribution < -0.4 is 0 Å². The molecule has 1 aliphatic rings. The van der Waals surface area contributed by atoms with Crippen molar-refractivity contribution in [1.82, 2.24) is 9.80 Å². The Morgan fingerprint density at radius 3 is 1.77 bits per heavy atom. The molecule has 4 heteroatoms. The zero-order valence-corrected chi connectivity index (χ0v) is 8.03. The van der Waals surface area contributed by atoms with Gasteiger partial charge in [0.15, 0.2) is 0 Å². The topological polar surface area (TPSA) is 6.48 Å². The molecule has 1 heterocycles. The van der Waals surface area contributed by atoms with Crippen LogP contribution in [0.2, 0.25) is 0 Å². The van der Waals surface area contributed by atoms with Crippen molar-refractivity contribution >= 4 is 27.0 Å². The van der Waals surface area contributed by atoms with E-state index in [9.17, 15) is 0 Å². The van der Waals surface area contributed by atoms with Gasteiger partial charge in [-0.3, -0.25) is 0 Å². The van der Waals surface area contributed by atoms with Gasteiger partial charge in [0.1, 0.15) is 0 Å². The molecule has 0 spiro atoms. The van der Waals surface area contributed by atoms with Crippen molar-refractivity contribution in [2.24, 2.45) is 0 Å². The number of hydrogen-bond donors (Lipinski definition) is 0. The van der Waals surface area contributed by atoms with Crippen LogP contribution in [-0.2, 0) is 0 Å². The Kier molecular flexibility index (Phi) is 11.3. The quantitative estimate of drug-likeness (QED) is 0.512. The van der Waals surface area contributed by atoms with Crippen molar-refractivity contribution in [2.75, 3.05) is 33.2 Å². The maximum absolute atomic E-state index is 5.33. The number of rotatable bonds is 1. The van der Waals surface area contributed by atoms with E-state index in [2.05, 4.69) is 16.8 Å². The van der Waals surface area contributed by atoms with E-state index in [0.717, 1.165) is 26.2 Å². The first kappa shape index (κ1) is 15.1. The first-order chi connectivity index (χ1) is 5.74. The van der Waals surface area contributed by atoms with Gasteiger partial charge in [-0.25, -0.2) is 0 Å². The molecule has 0 aromatic carbocycles. The molecule has 1 rings (SSSR count). The SMILES string of the molecule is C.[B]=CC.[B]=CN1CCN(C)CC1. The Labute approximate surface area is 85.1 Å². The third kappa shape index (κ3) is 7.97. The Balaban J connectivity index is 0. The summed E-state index contributed by atoms with van der Waals surface area (Å²) < 4.78 is 0. The van der Waals surface area contributed by atoms with Gasteiger partial charge < -0.3 is 0 Å². The van der Waals surface area contributed by atoms with Crippen molar-refractivity contribution in [1.29, 1.82) is 0 Å². The van der Waals surface area contributed by atoms with Gasteiger partial charge in [0.05, 0.1) is 0 Å². The summed E-state index contributed by atoms with van der Waals surface area (Å²) in [5, 5.41) is 0. The van der Waals surface area contributed by atoms with Crippen LogP contribution in [-0.4, -0.2) is 70.1 Å². The molecule has 0 aromatic rings. The van der Waals surface area contributed by atoms with Gasteiger partial charge in [-0.2, -0.15) is 0 Å². The zero-order chi connectivity index (χ0) is 9.40. The molecular weight excluding hydrogens is 158 g/mol. The van der Waals surface area contributed by atoms with Crippen LogP contribution in [0.4, 0.5) is 0 Å². The van der Waals surface area contributed by atoms with E-state index in [1.165, 1.54) is 5.97 Å². The molecule has 1 fully saturated rings. The van der Waals surface area contributed by atoms with Crippen LogP contribution in [0.1, 0.15) is 14.4 Å². The first-order valence-electron chi connectivity index (χ1n) is 4.21. The summed E-state index contributed by atoms with van der Waals surface area (Å²) >= 11 is 0. The van der Waals surface area contributed by atoms with Crippen molar-refractivity contribution in [2.45, 2.75) is 14.4 Å². The third-order valence-corrected chi connectivity index (χ3v) is 1.75. The van der Waals surface area contributed by atoms with Gasteiger partial charge in [0, 0.05) is 0 Å². The van der Waals surface area contributed by atoms with Crippen molar-refractivity contribution in [3.8, 4) is 0 Å². The number of piperazine rings is 1. The van der Waals surface area contributed by atoms with E-state index in [0.29, 0.717) is 0 Å². The predicted molar refractivity (Wildman–Crippen MR) is 65.1 cm³/mol. The maximum atomic E-state index is 5.33. The number of nitrogens with zero attached hydrogens (tertiary/aromatic N) is 2. The monoisotopic (exact) mass is 178 g/mol. The summed E-state index contributed by atoms with van der Waals surface area (Å²) in [6.07, 6.45) is 1.67. The fourth-order valence-electron chi connectivity index (χ4n) is 0.971. The average molecular weight is 178 g/mol. The molecule has 1 aliphatic heterocycles. The molecule has 72 valence electrons. The molecule has 0 amide bonds. The van der Waals surface area contributed by atoms with Gasteiger partial charge in [0.2, 0.25) is 0 Å². The van der Waals surface area contributed by atoms with Gasteiger partial charge in [-0.1, -0.05) is 7.43 Å². The van der Waals surface area contributed by atoms with Crippen LogP contribution in [0.15, 0.2) is 0 Å². The minimum atomic E-state index is 0. The number of likely N-dealkylation sites (N-methyl/N-ethyl adjacent to an activating group) is 1. The fourth-order valence-corrected chi connectivity index (χ4v) is 0.971. The van der Waals surface area contributed by atoms with E-state index in [-0.39, 0.29) is 7.43 Å². The van der Waals surface area contributed by atoms with Crippen molar-refractivity contribution in [3.05, 3.63) is 0 Å². The molecule has 1 saturated heterocycles. The van der Waals surface area contributed by atoms with Crippen LogP contribution >= 0.6 is 0 Å². The van der Waals surface area contributed by atoms with Crippen LogP contribution in [0.25, 0.3) is 0 Å². The van der Waals surface area contributed by atoms with Crippen LogP contribution in [0.3, 0.4) is 0 Å². The Morgan fingerprint density at radius 2 is 1.46 bits per heavy atom. The van der Waals surface area contributed by atoms with Gasteiger partial charge >= 0.3 is 77.0 Å². The second-order valence-electron chi connectivity index (χ2n) is 2.82. The molecule has 0 atom stereocenters. The normalized spacial score (nSPS) is 16.2. The summed E-state index contributed by atoms with van der Waals surface area (Å²) in [7, 11) is 12.2. The van der Waals surface area contributed by atoms with Gasteiger partial charge in [0.25, 0.3) is 0 Å². The van der Waals surface area contributed by atoms with Crippen molar-refractivity contribution < 1.29 is 0 Å². The predicted octanol–water partition coefficient (Wildman–Crippen LogP) is -0.225. The number of hydrogen-bond acceptors (Lipinski definition) is 2. The second kappa shape index (κ2) is 9.72. The summed E-state index contributed by atoms with van der Waals surface area (Å²) in [6, 6.07) is 0. The molecule has 0 unspecified atom stereocenters. The average Bonchev–Trinajstić information content (AvgIpc) is 2.07. The summed E-state index contributed by atoms with van der Waals surface area (Å²) in [5.41, 5.74) is 0. The fraction of sp³-hybridized carbons (Fsp3) is 0.778. The van der Waals surface area contributed by atoms with Crippen LogP contribution in [0.5, 0.6) is 0 Å². The van der Waals surface area contributed by atoms with E-state index >= 15 is 0 Å². The summed E-state index contributed by atoms with van der Waals surface area (Å²) in [4.78, 5) is 4.44. The molecule has 0 bridgehead atoms. The van der Waals surface area contributed by atoms with Gasteiger partial charge in [-0.15, -0.1) is 0 Å². The minimum absolute atomic E-state index is 0. The third-order valence-electron chi connectivity index (χ3n) is 1.75. The molecule has 2 nitrogen and oxygen atoms in total. The first-order valence-corrected chi connectivity index (χ1v) is 4.21. The molecule has 0 N–H and O–H groups in total. The van der Waals surface area contributed by atoms with E-state index in [1.54, 1.807) is 13.0 Å². The molecular formula is C9H20B2N2. The summed E-state index contributed by atoms with van der Waals surface area (Å²) in [5.74, 6) is 1.50. The second-order valence-corrected chi connectivity index (χ2v) is 2.82. The van der Waals surface area contributed by atoms with Crippen LogP contribution in [0, 0.1) is 0 Å². The Morgan fingerprint density at radius 1 is 1.08 bits per heavy atom. The summed E-state index contributed by atoms with van der Waals surface area (Å²) in [6.45, 7) is 6.20. The standard InChI is InChI=1S/C6H12BN2.C2H4B.CH4/c1-8-2-4-9(6-7)5-3-8;1-2-3;/h6H,2-5H2,1H3;2H,1H3;1H4. The molecule has 2 radical (unpaired) electrons. The van der Waals surface area contributed by atoms with Gasteiger partial charge in [-0.05, 0) is 0 Å². The molecule has 13 heavy (non-hydrogen) atoms. The van der Waals surface area contributed by atoms with E-state index in [1.807, 2.05) is 0 Å². The Bertz CT molecular complexity index is 132. The molecule has 0 aromatic heterocycles.